The van der Waals surface area contributed by atoms with Crippen molar-refractivity contribution in [3.05, 3.63) is 42.2 Å². The summed E-state index contributed by atoms with van der Waals surface area (Å²) in [5.74, 6) is 0. The van der Waals surface area contributed by atoms with Gasteiger partial charge in [-0.05, 0) is 25.0 Å². The number of benzene rings is 1. The third kappa shape index (κ3) is 2.08. The highest BCUT2D eigenvalue weighted by molar-refractivity contribution is 6.09. The summed E-state index contributed by atoms with van der Waals surface area (Å²) in [6.07, 6.45) is 6.04. The van der Waals surface area contributed by atoms with E-state index in [0.717, 1.165) is 18.4 Å². The van der Waals surface area contributed by atoms with Gasteiger partial charge in [0.05, 0.1) is 17.2 Å². The largest absolute Gasteiger partial charge is 0.361 e. The van der Waals surface area contributed by atoms with Crippen molar-refractivity contribution >= 4 is 21.8 Å². The van der Waals surface area contributed by atoms with Crippen molar-refractivity contribution in [2.45, 2.75) is 33.4 Å². The van der Waals surface area contributed by atoms with Crippen LogP contribution in [0.1, 0.15) is 27.2 Å². The van der Waals surface area contributed by atoms with Crippen LogP contribution in [0.15, 0.2) is 36.7 Å². The Morgan fingerprint density at radius 3 is 3.00 bits per heavy atom. The summed E-state index contributed by atoms with van der Waals surface area (Å²) in [6.45, 7) is 3.40. The Hall–Kier alpha value is -1.87. The molecule has 2 aromatic heterocycles. The molecule has 0 radical (unpaired) electrons. The SMILES string of the molecule is [2H]CCOCn1c2ccccc2c2c(CCC)cncc21. The fourth-order valence-electron chi connectivity index (χ4n) is 2.81. The molecule has 0 spiro atoms. The topological polar surface area (TPSA) is 27.1 Å². The molecule has 0 aliphatic heterocycles. The lowest BCUT2D eigenvalue weighted by Crippen LogP contribution is -2.02. The zero-order valence-electron chi connectivity index (χ0n) is 12.8. The Labute approximate surface area is 120 Å². The fraction of sp³-hybridized carbons (Fsp3) is 0.353. The smallest absolute Gasteiger partial charge is 0.123 e. The first-order valence-corrected chi connectivity index (χ1v) is 7.07. The maximum atomic E-state index is 7.20. The van der Waals surface area contributed by atoms with Gasteiger partial charge in [0.15, 0.2) is 0 Å². The Morgan fingerprint density at radius 1 is 1.25 bits per heavy atom. The Kier molecular flexibility index (Phi) is 3.36. The summed E-state index contributed by atoms with van der Waals surface area (Å²) in [7, 11) is 0. The van der Waals surface area contributed by atoms with E-state index in [2.05, 4.69) is 40.7 Å². The molecule has 0 N–H and O–H groups in total. The number of fused-ring (bicyclic) bond motifs is 3. The van der Waals surface area contributed by atoms with Crippen molar-refractivity contribution in [1.82, 2.24) is 9.55 Å². The molecular formula is C17H20N2O. The predicted molar refractivity (Wildman–Crippen MR) is 82.9 cm³/mol. The van der Waals surface area contributed by atoms with Crippen LogP contribution in [0.4, 0.5) is 0 Å². The van der Waals surface area contributed by atoms with Gasteiger partial charge in [0, 0.05) is 24.9 Å². The Morgan fingerprint density at radius 2 is 2.15 bits per heavy atom. The van der Waals surface area contributed by atoms with Crippen LogP contribution in [-0.2, 0) is 17.9 Å². The van der Waals surface area contributed by atoms with Gasteiger partial charge in [0.25, 0.3) is 0 Å². The molecule has 0 saturated carbocycles. The van der Waals surface area contributed by atoms with Gasteiger partial charge < -0.3 is 9.30 Å². The van der Waals surface area contributed by atoms with Crippen LogP contribution in [-0.4, -0.2) is 16.2 Å². The van der Waals surface area contributed by atoms with Crippen molar-refractivity contribution in [3.8, 4) is 0 Å². The summed E-state index contributed by atoms with van der Waals surface area (Å²) in [6, 6.07) is 8.41. The minimum Gasteiger partial charge on any atom is -0.361 e. The van der Waals surface area contributed by atoms with Gasteiger partial charge in [-0.2, -0.15) is 0 Å². The third-order valence-electron chi connectivity index (χ3n) is 3.64. The van der Waals surface area contributed by atoms with Crippen molar-refractivity contribution in [3.63, 3.8) is 0 Å². The van der Waals surface area contributed by atoms with Crippen LogP contribution in [0.3, 0.4) is 0 Å². The number of ether oxygens (including phenoxy) is 1. The highest BCUT2D eigenvalue weighted by Gasteiger charge is 2.13. The summed E-state index contributed by atoms with van der Waals surface area (Å²) >= 11 is 0. The Bertz CT molecular complexity index is 751. The van der Waals surface area contributed by atoms with E-state index in [1.807, 2.05) is 12.4 Å². The molecule has 3 rings (SSSR count). The van der Waals surface area contributed by atoms with E-state index >= 15 is 0 Å². The maximum absolute atomic E-state index is 7.20. The minimum atomic E-state index is 0.288. The van der Waals surface area contributed by atoms with E-state index in [4.69, 9.17) is 6.11 Å². The molecule has 20 heavy (non-hydrogen) atoms. The van der Waals surface area contributed by atoms with Crippen LogP contribution in [0.5, 0.6) is 0 Å². The second-order valence-corrected chi connectivity index (χ2v) is 4.93. The second kappa shape index (κ2) is 5.63. The first kappa shape index (κ1) is 11.9. The summed E-state index contributed by atoms with van der Waals surface area (Å²) in [5, 5.41) is 2.55. The molecule has 0 aliphatic rings. The monoisotopic (exact) mass is 269 g/mol. The van der Waals surface area contributed by atoms with Gasteiger partial charge in [0.1, 0.15) is 6.73 Å². The van der Waals surface area contributed by atoms with E-state index < -0.39 is 0 Å². The number of aromatic nitrogens is 2. The molecular weight excluding hydrogens is 248 g/mol. The van der Waals surface area contributed by atoms with E-state index in [0.29, 0.717) is 13.3 Å². The minimum absolute atomic E-state index is 0.288. The first-order valence-electron chi connectivity index (χ1n) is 7.78. The quantitative estimate of drug-likeness (QED) is 0.651. The van der Waals surface area contributed by atoms with Crippen LogP contribution in [0.25, 0.3) is 21.8 Å². The van der Waals surface area contributed by atoms with Gasteiger partial charge in [-0.15, -0.1) is 0 Å². The number of hydrogen-bond acceptors (Lipinski definition) is 2. The van der Waals surface area contributed by atoms with Gasteiger partial charge >= 0.3 is 0 Å². The maximum Gasteiger partial charge on any atom is 0.123 e. The highest BCUT2D eigenvalue weighted by Crippen LogP contribution is 2.31. The molecule has 0 amide bonds. The van der Waals surface area contributed by atoms with Crippen LogP contribution in [0.2, 0.25) is 0 Å². The number of para-hydroxylation sites is 1. The fourth-order valence-corrected chi connectivity index (χ4v) is 2.81. The van der Waals surface area contributed by atoms with Gasteiger partial charge in [-0.1, -0.05) is 31.5 Å². The first-order chi connectivity index (χ1) is 10.4. The van der Waals surface area contributed by atoms with Crippen molar-refractivity contribution < 1.29 is 6.11 Å². The van der Waals surface area contributed by atoms with Gasteiger partial charge in [-0.25, -0.2) is 0 Å². The predicted octanol–water partition coefficient (Wildman–Crippen LogP) is 4.14. The Balaban J connectivity index is 2.21. The zero-order valence-corrected chi connectivity index (χ0v) is 11.8. The van der Waals surface area contributed by atoms with E-state index in [1.165, 1.54) is 21.9 Å². The van der Waals surface area contributed by atoms with E-state index in [1.54, 1.807) is 0 Å². The summed E-state index contributed by atoms with van der Waals surface area (Å²) < 4.78 is 14.9. The lowest BCUT2D eigenvalue weighted by atomic mass is 10.1. The number of hydrogen-bond donors (Lipinski definition) is 0. The lowest BCUT2D eigenvalue weighted by Gasteiger charge is -2.07. The van der Waals surface area contributed by atoms with Crippen LogP contribution < -0.4 is 0 Å². The average molecular weight is 269 g/mol. The molecule has 1 aromatic carbocycles. The second-order valence-electron chi connectivity index (χ2n) is 4.93. The van der Waals surface area contributed by atoms with E-state index in [-0.39, 0.29) is 6.90 Å². The number of pyridine rings is 1. The van der Waals surface area contributed by atoms with Gasteiger partial charge in [-0.3, -0.25) is 4.98 Å². The normalized spacial score (nSPS) is 12.2. The lowest BCUT2D eigenvalue weighted by molar-refractivity contribution is 0.0935. The highest BCUT2D eigenvalue weighted by atomic mass is 16.5. The molecule has 0 bridgehead atoms. The summed E-state index contributed by atoms with van der Waals surface area (Å²) in [5.41, 5.74) is 3.58. The third-order valence-corrected chi connectivity index (χ3v) is 3.64. The van der Waals surface area contributed by atoms with Gasteiger partial charge in [0.2, 0.25) is 0 Å². The molecule has 2 heterocycles. The van der Waals surface area contributed by atoms with Crippen molar-refractivity contribution in [2.24, 2.45) is 0 Å². The number of nitrogens with zero attached hydrogens (tertiary/aromatic N) is 2. The average Bonchev–Trinajstić information content (AvgIpc) is 2.83. The molecule has 0 aliphatic carbocycles. The standard InChI is InChI=1S/C17H20N2O/c1-3-7-13-10-18-11-16-17(13)14-8-5-6-9-15(14)19(16)12-20-4-2/h5-6,8-11H,3-4,7,12H2,1-2H3/i2D. The summed E-state index contributed by atoms with van der Waals surface area (Å²) in [4.78, 5) is 4.40. The molecule has 3 nitrogen and oxygen atoms in total. The molecule has 0 unspecified atom stereocenters. The zero-order chi connectivity index (χ0) is 14.7. The van der Waals surface area contributed by atoms with E-state index in [9.17, 15) is 0 Å². The molecule has 0 saturated heterocycles. The number of aryl methyl sites for hydroxylation is 1. The number of rotatable bonds is 5. The molecule has 3 aromatic rings. The molecule has 3 heteroatoms. The van der Waals surface area contributed by atoms with Crippen molar-refractivity contribution in [1.29, 1.82) is 0 Å². The molecule has 0 fully saturated rings. The van der Waals surface area contributed by atoms with Crippen LogP contribution >= 0.6 is 0 Å². The van der Waals surface area contributed by atoms with Crippen molar-refractivity contribution in [2.75, 3.05) is 6.61 Å². The molecule has 104 valence electrons. The van der Waals surface area contributed by atoms with Crippen LogP contribution in [0, 0.1) is 0 Å². The molecule has 0 atom stereocenters.